The number of amides is 1. The van der Waals surface area contributed by atoms with E-state index in [0.717, 1.165) is 0 Å². The van der Waals surface area contributed by atoms with E-state index in [4.69, 9.17) is 43.1 Å². The molecule has 2 heterocycles. The summed E-state index contributed by atoms with van der Waals surface area (Å²) in [4.78, 5) is 41.4. The van der Waals surface area contributed by atoms with Gasteiger partial charge >= 0.3 is 11.9 Å². The third-order valence-electron chi connectivity index (χ3n) is 5.11. The molecule has 1 aromatic heterocycles. The highest BCUT2D eigenvalue weighted by Gasteiger charge is 2.40. The van der Waals surface area contributed by atoms with E-state index in [1.807, 2.05) is 0 Å². The topological polar surface area (TPSA) is 130 Å². The van der Waals surface area contributed by atoms with Crippen molar-refractivity contribution in [3.63, 3.8) is 0 Å². The molecule has 0 bridgehead atoms. The first-order chi connectivity index (χ1) is 16.7. The van der Waals surface area contributed by atoms with Gasteiger partial charge in [-0.3, -0.25) is 4.79 Å². The number of hydrogen-bond acceptors (Lipinski definition) is 9. The number of primary amides is 1. The van der Waals surface area contributed by atoms with Crippen LogP contribution < -0.4 is 11.1 Å². The minimum atomic E-state index is -0.922. The lowest BCUT2D eigenvalue weighted by Crippen LogP contribution is -2.34. The number of thiazole rings is 1. The summed E-state index contributed by atoms with van der Waals surface area (Å²) in [6.45, 7) is 3.47. The molecular formula is C23H23Cl2N3O6S. The van der Waals surface area contributed by atoms with Gasteiger partial charge in [-0.15, -0.1) is 11.3 Å². The summed E-state index contributed by atoms with van der Waals surface area (Å²) in [5.41, 5.74) is 6.98. The number of benzene rings is 1. The Morgan fingerprint density at radius 2 is 1.91 bits per heavy atom. The fourth-order valence-electron chi connectivity index (χ4n) is 3.63. The molecule has 1 unspecified atom stereocenters. The number of rotatable bonds is 9. The van der Waals surface area contributed by atoms with Crippen molar-refractivity contribution >= 4 is 52.4 Å². The van der Waals surface area contributed by atoms with Gasteiger partial charge in [-0.1, -0.05) is 35.3 Å². The number of ether oxygens (including phenoxy) is 3. The first-order valence-electron chi connectivity index (χ1n) is 10.4. The van der Waals surface area contributed by atoms with Gasteiger partial charge in [-0.05, 0) is 25.5 Å². The number of methoxy groups -OCH3 is 1. The summed E-state index contributed by atoms with van der Waals surface area (Å²) in [7, 11) is 1.25. The molecule has 1 aliphatic rings. The summed E-state index contributed by atoms with van der Waals surface area (Å²) < 4.78 is 16.1. The van der Waals surface area contributed by atoms with Crippen LogP contribution >= 0.6 is 34.5 Å². The zero-order valence-corrected chi connectivity index (χ0v) is 21.5. The highest BCUT2D eigenvalue weighted by molar-refractivity contribution is 7.09. The number of carbonyl (C=O) groups is 3. The van der Waals surface area contributed by atoms with Gasteiger partial charge in [0.1, 0.15) is 10.7 Å². The molecule has 1 aliphatic heterocycles. The maximum atomic E-state index is 13.2. The number of carbonyl (C=O) groups excluding carboxylic acids is 3. The van der Waals surface area contributed by atoms with Crippen LogP contribution in [0.5, 0.6) is 0 Å². The molecule has 186 valence electrons. The van der Waals surface area contributed by atoms with Crippen LogP contribution in [-0.2, 0) is 30.4 Å². The lowest BCUT2D eigenvalue weighted by atomic mass is 9.80. The molecule has 9 nitrogen and oxygen atoms in total. The van der Waals surface area contributed by atoms with E-state index < -0.39 is 23.8 Å². The van der Waals surface area contributed by atoms with Gasteiger partial charge in [0, 0.05) is 11.1 Å². The summed E-state index contributed by atoms with van der Waals surface area (Å²) in [6.07, 6.45) is 0. The normalized spacial score (nSPS) is 15.6. The molecule has 0 saturated heterocycles. The van der Waals surface area contributed by atoms with E-state index in [0.29, 0.717) is 22.0 Å². The zero-order valence-electron chi connectivity index (χ0n) is 19.1. The SMILES string of the molecule is CCOC(=O)C1=C(COCc2nc(C(N)=O)cs2)NC(C)=C(C(=O)OC)C1c1cccc(Cl)c1Cl. The lowest BCUT2D eigenvalue weighted by molar-refractivity contribution is -0.139. The van der Waals surface area contributed by atoms with Crippen LogP contribution in [0.25, 0.3) is 0 Å². The van der Waals surface area contributed by atoms with Crippen LogP contribution in [0.1, 0.15) is 40.8 Å². The Morgan fingerprint density at radius 3 is 2.54 bits per heavy atom. The maximum absolute atomic E-state index is 13.2. The molecule has 0 aliphatic carbocycles. The summed E-state index contributed by atoms with van der Waals surface area (Å²) in [5, 5.41) is 5.61. The smallest absolute Gasteiger partial charge is 0.336 e. The Labute approximate surface area is 215 Å². The second-order valence-corrected chi connectivity index (χ2v) is 9.06. The highest BCUT2D eigenvalue weighted by atomic mass is 35.5. The minimum Gasteiger partial charge on any atom is -0.466 e. The van der Waals surface area contributed by atoms with Crippen molar-refractivity contribution in [3.8, 4) is 0 Å². The maximum Gasteiger partial charge on any atom is 0.336 e. The molecule has 0 fully saturated rings. The molecule has 1 amide bonds. The van der Waals surface area contributed by atoms with Gasteiger partial charge in [0.2, 0.25) is 0 Å². The number of dihydropyridines is 1. The molecule has 0 spiro atoms. The number of nitrogens with zero attached hydrogens (tertiary/aromatic N) is 1. The van der Waals surface area contributed by atoms with Gasteiger partial charge < -0.3 is 25.3 Å². The predicted molar refractivity (Wildman–Crippen MR) is 131 cm³/mol. The minimum absolute atomic E-state index is 0.0554. The van der Waals surface area contributed by atoms with Crippen molar-refractivity contribution in [1.29, 1.82) is 0 Å². The second-order valence-electron chi connectivity index (χ2n) is 7.33. The van der Waals surface area contributed by atoms with Crippen LogP contribution in [0.2, 0.25) is 10.0 Å². The molecule has 12 heteroatoms. The summed E-state index contributed by atoms with van der Waals surface area (Å²) in [5.74, 6) is -2.85. The third-order valence-corrected chi connectivity index (χ3v) is 6.77. The standard InChI is InChI=1S/C23H23Cl2N3O6S/c1-4-34-23(31)19-14(8-33-9-16-28-15(10-35-16)21(26)29)27-11(2)17(22(30)32-3)18(19)12-6-5-7-13(24)20(12)25/h5-7,10,18,27H,4,8-9H2,1-3H3,(H2,26,29). The van der Waals surface area contributed by atoms with E-state index in [1.165, 1.54) is 23.8 Å². The fraction of sp³-hybridized carbons (Fsp3) is 0.304. The summed E-state index contributed by atoms with van der Waals surface area (Å²) >= 11 is 14.0. The van der Waals surface area contributed by atoms with E-state index in [2.05, 4.69) is 10.3 Å². The Morgan fingerprint density at radius 1 is 1.17 bits per heavy atom. The average Bonchev–Trinajstić information content (AvgIpc) is 3.29. The third kappa shape index (κ3) is 5.84. The number of halogens is 2. The van der Waals surface area contributed by atoms with Gasteiger partial charge in [-0.25, -0.2) is 14.6 Å². The van der Waals surface area contributed by atoms with Crippen molar-refractivity contribution in [2.24, 2.45) is 5.73 Å². The summed E-state index contributed by atoms with van der Waals surface area (Å²) in [6, 6.07) is 4.96. The monoisotopic (exact) mass is 539 g/mol. The van der Waals surface area contributed by atoms with Crippen LogP contribution in [0.15, 0.2) is 46.1 Å². The Hall–Kier alpha value is -2.92. The van der Waals surface area contributed by atoms with Crippen LogP contribution in [0.3, 0.4) is 0 Å². The Bertz CT molecular complexity index is 1220. The number of aromatic nitrogens is 1. The van der Waals surface area contributed by atoms with Gasteiger partial charge in [0.25, 0.3) is 5.91 Å². The quantitative estimate of drug-likeness (QED) is 0.461. The highest BCUT2D eigenvalue weighted by Crippen LogP contribution is 2.43. The van der Waals surface area contributed by atoms with Crippen LogP contribution in [0.4, 0.5) is 0 Å². The van der Waals surface area contributed by atoms with E-state index in [9.17, 15) is 14.4 Å². The van der Waals surface area contributed by atoms with Crippen LogP contribution in [-0.4, -0.2) is 43.2 Å². The molecule has 1 atom stereocenters. The second kappa shape index (κ2) is 11.7. The fourth-order valence-corrected chi connectivity index (χ4v) is 4.76. The van der Waals surface area contributed by atoms with Gasteiger partial charge in [-0.2, -0.15) is 0 Å². The Balaban J connectivity index is 2.05. The zero-order chi connectivity index (χ0) is 25.7. The number of hydrogen-bond donors (Lipinski definition) is 2. The molecular weight excluding hydrogens is 517 g/mol. The molecule has 0 radical (unpaired) electrons. The van der Waals surface area contributed by atoms with Crippen LogP contribution in [0, 0.1) is 0 Å². The lowest BCUT2D eigenvalue weighted by Gasteiger charge is -2.31. The van der Waals surface area contributed by atoms with Crippen molar-refractivity contribution in [1.82, 2.24) is 10.3 Å². The van der Waals surface area contributed by atoms with Crippen molar-refractivity contribution in [2.45, 2.75) is 26.4 Å². The Kier molecular flexibility index (Phi) is 8.90. The van der Waals surface area contributed by atoms with E-state index >= 15 is 0 Å². The van der Waals surface area contributed by atoms with Crippen molar-refractivity contribution < 1.29 is 28.6 Å². The first kappa shape index (κ1) is 26.7. The van der Waals surface area contributed by atoms with E-state index in [1.54, 1.807) is 32.0 Å². The number of nitrogens with two attached hydrogens (primary N) is 1. The first-order valence-corrected chi connectivity index (χ1v) is 12.0. The number of esters is 2. The van der Waals surface area contributed by atoms with Crippen molar-refractivity contribution in [2.75, 3.05) is 20.3 Å². The largest absolute Gasteiger partial charge is 0.466 e. The predicted octanol–water partition coefficient (Wildman–Crippen LogP) is 3.72. The average molecular weight is 540 g/mol. The van der Waals surface area contributed by atoms with Crippen molar-refractivity contribution in [3.05, 3.63) is 72.4 Å². The number of nitrogens with one attached hydrogen (secondary N) is 1. The van der Waals surface area contributed by atoms with Gasteiger partial charge in [0.15, 0.2) is 0 Å². The molecule has 2 aromatic rings. The molecule has 3 rings (SSSR count). The van der Waals surface area contributed by atoms with Gasteiger partial charge in [0.05, 0.1) is 59.7 Å². The molecule has 35 heavy (non-hydrogen) atoms. The molecule has 3 N–H and O–H groups in total. The molecule has 0 saturated carbocycles. The number of allylic oxidation sites excluding steroid dienone is 1. The van der Waals surface area contributed by atoms with E-state index in [-0.39, 0.29) is 46.7 Å². The molecule has 1 aromatic carbocycles.